The first-order valence-corrected chi connectivity index (χ1v) is 7.23. The molecule has 2 rings (SSSR count). The highest BCUT2D eigenvalue weighted by molar-refractivity contribution is 5.43. The fourth-order valence-electron chi connectivity index (χ4n) is 2.58. The average Bonchev–Trinajstić information content (AvgIpc) is 2.67. The van der Waals surface area contributed by atoms with Crippen molar-refractivity contribution in [1.29, 1.82) is 0 Å². The van der Waals surface area contributed by atoms with E-state index in [0.29, 0.717) is 11.9 Å². The smallest absolute Gasteiger partial charge is 0.161 e. The Labute approximate surface area is 115 Å². The highest BCUT2D eigenvalue weighted by Crippen LogP contribution is 2.33. The first-order chi connectivity index (χ1) is 9.20. The summed E-state index contributed by atoms with van der Waals surface area (Å²) in [6.07, 6.45) is 7.20. The number of methoxy groups -OCH3 is 1. The monoisotopic (exact) mass is 264 g/mol. The van der Waals surface area contributed by atoms with E-state index in [2.05, 4.69) is 0 Å². The Bertz CT molecular complexity index is 393. The third-order valence-corrected chi connectivity index (χ3v) is 3.77. The number of aliphatic hydroxyl groups is 1. The van der Waals surface area contributed by atoms with Gasteiger partial charge in [-0.05, 0) is 50.3 Å². The van der Waals surface area contributed by atoms with E-state index in [9.17, 15) is 5.11 Å². The molecule has 0 heterocycles. The van der Waals surface area contributed by atoms with Crippen LogP contribution >= 0.6 is 0 Å². The molecular weight excluding hydrogens is 240 g/mol. The molecule has 19 heavy (non-hydrogen) atoms. The minimum atomic E-state index is -0.485. The van der Waals surface area contributed by atoms with Gasteiger partial charge in [-0.3, -0.25) is 0 Å². The first-order valence-electron chi connectivity index (χ1n) is 7.23. The van der Waals surface area contributed by atoms with E-state index in [1.165, 1.54) is 25.7 Å². The molecule has 1 N–H and O–H groups in total. The van der Waals surface area contributed by atoms with Gasteiger partial charge in [0.2, 0.25) is 0 Å². The van der Waals surface area contributed by atoms with Gasteiger partial charge in [0.15, 0.2) is 11.5 Å². The maximum atomic E-state index is 9.60. The largest absolute Gasteiger partial charge is 0.493 e. The molecule has 0 spiro atoms. The van der Waals surface area contributed by atoms with Crippen molar-refractivity contribution in [3.8, 4) is 11.5 Å². The number of benzene rings is 1. The van der Waals surface area contributed by atoms with Crippen molar-refractivity contribution >= 4 is 0 Å². The third kappa shape index (κ3) is 3.87. The van der Waals surface area contributed by atoms with Crippen molar-refractivity contribution in [3.05, 3.63) is 23.8 Å². The average molecular weight is 264 g/mol. The second-order valence-electron chi connectivity index (χ2n) is 5.32. The van der Waals surface area contributed by atoms with E-state index in [-0.39, 0.29) is 0 Å². The minimum Gasteiger partial charge on any atom is -0.493 e. The molecule has 0 aromatic heterocycles. The number of aliphatic hydroxyl groups excluding tert-OH is 1. The predicted octanol–water partition coefficient (Wildman–Crippen LogP) is 3.85. The van der Waals surface area contributed by atoms with Crippen LogP contribution in [0.5, 0.6) is 11.5 Å². The zero-order chi connectivity index (χ0) is 13.7. The number of ether oxygens (including phenoxy) is 2. The van der Waals surface area contributed by atoms with Crippen molar-refractivity contribution in [2.45, 2.75) is 57.7 Å². The molecule has 0 radical (unpaired) electrons. The van der Waals surface area contributed by atoms with Gasteiger partial charge in [-0.15, -0.1) is 0 Å². The molecular formula is C16H24O3. The summed E-state index contributed by atoms with van der Waals surface area (Å²) < 4.78 is 11.5. The Hall–Kier alpha value is -1.22. The van der Waals surface area contributed by atoms with Crippen LogP contribution in [0.2, 0.25) is 0 Å². The minimum absolute atomic E-state index is 0.300. The summed E-state index contributed by atoms with van der Waals surface area (Å²) in [5.41, 5.74) is 0.852. The van der Waals surface area contributed by atoms with Crippen LogP contribution in [0.25, 0.3) is 0 Å². The van der Waals surface area contributed by atoms with Gasteiger partial charge in [-0.1, -0.05) is 18.9 Å². The van der Waals surface area contributed by atoms with Gasteiger partial charge in [0.05, 0.1) is 19.3 Å². The molecule has 1 aromatic carbocycles. The first kappa shape index (κ1) is 14.2. The number of rotatable bonds is 4. The van der Waals surface area contributed by atoms with E-state index in [0.717, 1.165) is 24.2 Å². The second-order valence-corrected chi connectivity index (χ2v) is 5.32. The summed E-state index contributed by atoms with van der Waals surface area (Å²) in [5.74, 6) is 1.50. The Morgan fingerprint density at radius 1 is 1.11 bits per heavy atom. The van der Waals surface area contributed by atoms with Crippen molar-refractivity contribution in [2.24, 2.45) is 0 Å². The van der Waals surface area contributed by atoms with Crippen LogP contribution in [0.15, 0.2) is 18.2 Å². The van der Waals surface area contributed by atoms with Crippen LogP contribution in [-0.2, 0) is 0 Å². The Balaban J connectivity index is 2.10. The zero-order valence-electron chi connectivity index (χ0n) is 11.9. The molecule has 1 saturated carbocycles. The van der Waals surface area contributed by atoms with E-state index in [1.54, 1.807) is 14.0 Å². The van der Waals surface area contributed by atoms with Gasteiger partial charge in [0.25, 0.3) is 0 Å². The SMILES string of the molecule is COc1cc([C@@H](C)O)ccc1OC1CCCCCC1. The summed E-state index contributed by atoms with van der Waals surface area (Å²) in [6.45, 7) is 1.75. The zero-order valence-corrected chi connectivity index (χ0v) is 11.9. The summed E-state index contributed by atoms with van der Waals surface area (Å²) in [5, 5.41) is 9.60. The van der Waals surface area contributed by atoms with E-state index >= 15 is 0 Å². The van der Waals surface area contributed by atoms with Crippen LogP contribution in [0.1, 0.15) is 57.1 Å². The Morgan fingerprint density at radius 2 is 1.79 bits per heavy atom. The summed E-state index contributed by atoms with van der Waals surface area (Å²) in [7, 11) is 1.64. The lowest BCUT2D eigenvalue weighted by Crippen LogP contribution is -2.15. The van der Waals surface area contributed by atoms with E-state index in [4.69, 9.17) is 9.47 Å². The van der Waals surface area contributed by atoms with Gasteiger partial charge in [-0.2, -0.15) is 0 Å². The van der Waals surface area contributed by atoms with Gasteiger partial charge in [0.1, 0.15) is 0 Å². The molecule has 0 unspecified atom stereocenters. The van der Waals surface area contributed by atoms with Crippen LogP contribution in [0.4, 0.5) is 0 Å². The normalized spacial score (nSPS) is 18.7. The van der Waals surface area contributed by atoms with E-state index in [1.807, 2.05) is 18.2 Å². The molecule has 1 aromatic rings. The number of hydrogen-bond acceptors (Lipinski definition) is 3. The predicted molar refractivity (Wildman–Crippen MR) is 75.7 cm³/mol. The summed E-state index contributed by atoms with van der Waals surface area (Å²) in [4.78, 5) is 0. The lowest BCUT2D eigenvalue weighted by Gasteiger charge is -2.19. The highest BCUT2D eigenvalue weighted by Gasteiger charge is 2.16. The maximum absolute atomic E-state index is 9.60. The Kier molecular flexibility index (Phi) is 5.08. The maximum Gasteiger partial charge on any atom is 0.161 e. The molecule has 0 amide bonds. The molecule has 0 saturated heterocycles. The van der Waals surface area contributed by atoms with Crippen molar-refractivity contribution in [2.75, 3.05) is 7.11 Å². The second kappa shape index (κ2) is 6.80. The standard InChI is InChI=1S/C16H24O3/c1-12(17)13-9-10-15(16(11-13)18-2)19-14-7-5-3-4-6-8-14/h9-12,14,17H,3-8H2,1-2H3/t12-/m1/s1. The van der Waals surface area contributed by atoms with Gasteiger partial charge in [-0.25, -0.2) is 0 Å². The molecule has 3 heteroatoms. The van der Waals surface area contributed by atoms with E-state index < -0.39 is 6.10 Å². The Morgan fingerprint density at radius 3 is 2.37 bits per heavy atom. The topological polar surface area (TPSA) is 38.7 Å². The summed E-state index contributed by atoms with van der Waals surface area (Å²) in [6, 6.07) is 5.67. The molecule has 1 aliphatic carbocycles. The molecule has 106 valence electrons. The molecule has 1 atom stereocenters. The molecule has 0 bridgehead atoms. The molecule has 0 aliphatic heterocycles. The number of hydrogen-bond donors (Lipinski definition) is 1. The fraction of sp³-hybridized carbons (Fsp3) is 0.625. The van der Waals surface area contributed by atoms with Crippen LogP contribution in [0.3, 0.4) is 0 Å². The molecule has 1 fully saturated rings. The molecule has 1 aliphatic rings. The van der Waals surface area contributed by atoms with Crippen molar-refractivity contribution in [3.63, 3.8) is 0 Å². The van der Waals surface area contributed by atoms with Crippen LogP contribution in [-0.4, -0.2) is 18.3 Å². The lowest BCUT2D eigenvalue weighted by molar-refractivity contribution is 0.175. The van der Waals surface area contributed by atoms with Gasteiger partial charge >= 0.3 is 0 Å². The van der Waals surface area contributed by atoms with Crippen LogP contribution in [0, 0.1) is 0 Å². The quantitative estimate of drug-likeness (QED) is 0.839. The summed E-state index contributed by atoms with van der Waals surface area (Å²) >= 11 is 0. The third-order valence-electron chi connectivity index (χ3n) is 3.77. The van der Waals surface area contributed by atoms with Crippen molar-refractivity contribution < 1.29 is 14.6 Å². The highest BCUT2D eigenvalue weighted by atomic mass is 16.5. The van der Waals surface area contributed by atoms with Crippen LogP contribution < -0.4 is 9.47 Å². The van der Waals surface area contributed by atoms with Crippen molar-refractivity contribution in [1.82, 2.24) is 0 Å². The van der Waals surface area contributed by atoms with Gasteiger partial charge < -0.3 is 14.6 Å². The lowest BCUT2D eigenvalue weighted by atomic mass is 10.1. The van der Waals surface area contributed by atoms with Gasteiger partial charge in [0, 0.05) is 0 Å². The molecule has 3 nitrogen and oxygen atoms in total. The fourth-order valence-corrected chi connectivity index (χ4v) is 2.58.